The zero-order chi connectivity index (χ0) is 19.4. The number of aryl methyl sites for hydroxylation is 1. The second kappa shape index (κ2) is 8.09. The molecule has 0 aliphatic carbocycles. The molecule has 0 bridgehead atoms. The summed E-state index contributed by atoms with van der Waals surface area (Å²) < 4.78 is 18.7. The van der Waals surface area contributed by atoms with E-state index in [2.05, 4.69) is 15.5 Å². The van der Waals surface area contributed by atoms with Crippen LogP contribution in [0.2, 0.25) is 0 Å². The molecule has 27 heavy (non-hydrogen) atoms. The van der Waals surface area contributed by atoms with Crippen LogP contribution in [0, 0.1) is 12.7 Å². The van der Waals surface area contributed by atoms with Crippen LogP contribution in [0.5, 0.6) is 0 Å². The Morgan fingerprint density at radius 1 is 1.15 bits per heavy atom. The Labute approximate surface area is 157 Å². The van der Waals surface area contributed by atoms with Gasteiger partial charge in [0.2, 0.25) is 17.7 Å². The van der Waals surface area contributed by atoms with Crippen molar-refractivity contribution in [1.29, 1.82) is 0 Å². The average Bonchev–Trinajstić information content (AvgIpc) is 3.13. The van der Waals surface area contributed by atoms with Gasteiger partial charge in [-0.05, 0) is 57.3 Å². The number of nitrogens with one attached hydrogen (secondary N) is 1. The molecule has 0 spiro atoms. The number of hydrogen-bond acceptors (Lipinski definition) is 5. The minimum absolute atomic E-state index is 0.126. The first-order chi connectivity index (χ1) is 12.9. The SMILES string of the molecule is Cc1ccc(-c2nnc([C@H](C)N(C)CC(=O)Nc3ccc(F)cc3)o2)cc1. The van der Waals surface area contributed by atoms with E-state index in [4.69, 9.17) is 4.42 Å². The van der Waals surface area contributed by atoms with Crippen LogP contribution in [-0.4, -0.2) is 34.6 Å². The van der Waals surface area contributed by atoms with Crippen LogP contribution in [-0.2, 0) is 4.79 Å². The minimum atomic E-state index is -0.348. The molecule has 0 aliphatic heterocycles. The second-order valence-corrected chi connectivity index (χ2v) is 6.46. The molecule has 0 fully saturated rings. The van der Waals surface area contributed by atoms with E-state index >= 15 is 0 Å². The van der Waals surface area contributed by atoms with Gasteiger partial charge in [-0.3, -0.25) is 9.69 Å². The molecule has 3 aromatic rings. The predicted octanol–water partition coefficient (Wildman–Crippen LogP) is 3.82. The van der Waals surface area contributed by atoms with E-state index in [1.807, 2.05) is 38.1 Å². The van der Waals surface area contributed by atoms with E-state index in [0.717, 1.165) is 11.1 Å². The van der Waals surface area contributed by atoms with Crippen molar-refractivity contribution in [3.63, 3.8) is 0 Å². The molecule has 0 saturated heterocycles. The summed E-state index contributed by atoms with van der Waals surface area (Å²) in [6.45, 7) is 4.02. The summed E-state index contributed by atoms with van der Waals surface area (Å²) in [4.78, 5) is 14.0. The predicted molar refractivity (Wildman–Crippen MR) is 101 cm³/mol. The molecule has 0 aliphatic rings. The summed E-state index contributed by atoms with van der Waals surface area (Å²) in [5, 5.41) is 10.9. The molecule has 0 saturated carbocycles. The minimum Gasteiger partial charge on any atom is -0.419 e. The summed E-state index contributed by atoms with van der Waals surface area (Å²) in [5.74, 6) is 0.317. The summed E-state index contributed by atoms with van der Waals surface area (Å²) in [7, 11) is 1.80. The van der Waals surface area contributed by atoms with E-state index < -0.39 is 0 Å². The second-order valence-electron chi connectivity index (χ2n) is 6.46. The largest absolute Gasteiger partial charge is 0.419 e. The molecule has 1 aromatic heterocycles. The van der Waals surface area contributed by atoms with Crippen molar-refractivity contribution in [3.05, 3.63) is 65.8 Å². The number of halogens is 1. The molecule has 0 radical (unpaired) electrons. The van der Waals surface area contributed by atoms with Crippen LogP contribution >= 0.6 is 0 Å². The average molecular weight is 368 g/mol. The lowest BCUT2D eigenvalue weighted by atomic mass is 10.1. The topological polar surface area (TPSA) is 71.3 Å². The smallest absolute Gasteiger partial charge is 0.247 e. The van der Waals surface area contributed by atoms with Gasteiger partial charge in [-0.15, -0.1) is 10.2 Å². The third kappa shape index (κ3) is 4.77. The van der Waals surface area contributed by atoms with Crippen LogP contribution in [0.25, 0.3) is 11.5 Å². The fraction of sp³-hybridized carbons (Fsp3) is 0.250. The van der Waals surface area contributed by atoms with Crippen molar-refractivity contribution >= 4 is 11.6 Å². The molecule has 140 valence electrons. The summed E-state index contributed by atoms with van der Waals surface area (Å²) in [6, 6.07) is 13.2. The number of anilines is 1. The number of amides is 1. The van der Waals surface area contributed by atoms with Gasteiger partial charge in [0.25, 0.3) is 0 Å². The summed E-state index contributed by atoms with van der Waals surface area (Å²) in [6.07, 6.45) is 0. The quantitative estimate of drug-likeness (QED) is 0.716. The normalized spacial score (nSPS) is 12.2. The molecular formula is C20H21FN4O2. The number of likely N-dealkylation sites (N-methyl/N-ethyl adjacent to an activating group) is 1. The number of nitrogens with zero attached hydrogens (tertiary/aromatic N) is 3. The van der Waals surface area contributed by atoms with E-state index in [0.29, 0.717) is 17.5 Å². The van der Waals surface area contributed by atoms with Gasteiger partial charge in [-0.2, -0.15) is 0 Å². The zero-order valence-electron chi connectivity index (χ0n) is 15.4. The maximum Gasteiger partial charge on any atom is 0.247 e. The van der Waals surface area contributed by atoms with Crippen molar-refractivity contribution in [2.75, 3.05) is 18.9 Å². The fourth-order valence-electron chi connectivity index (χ4n) is 2.50. The molecule has 1 heterocycles. The van der Waals surface area contributed by atoms with Gasteiger partial charge in [0.05, 0.1) is 12.6 Å². The van der Waals surface area contributed by atoms with Crippen molar-refractivity contribution < 1.29 is 13.6 Å². The van der Waals surface area contributed by atoms with Gasteiger partial charge in [0.15, 0.2) is 0 Å². The molecule has 6 nitrogen and oxygen atoms in total. The lowest BCUT2D eigenvalue weighted by Crippen LogP contribution is -2.32. The Kier molecular flexibility index (Phi) is 5.61. The first-order valence-corrected chi connectivity index (χ1v) is 8.58. The van der Waals surface area contributed by atoms with Gasteiger partial charge < -0.3 is 9.73 Å². The highest BCUT2D eigenvalue weighted by Crippen LogP contribution is 2.23. The molecule has 7 heteroatoms. The maximum absolute atomic E-state index is 12.9. The standard InChI is InChI=1S/C20H21FN4O2/c1-13-4-6-15(7-5-13)20-24-23-19(27-20)14(2)25(3)12-18(26)22-17-10-8-16(21)9-11-17/h4-11,14H,12H2,1-3H3,(H,22,26)/t14-/m0/s1. The van der Waals surface area contributed by atoms with Crippen LogP contribution in [0.4, 0.5) is 10.1 Å². The fourth-order valence-corrected chi connectivity index (χ4v) is 2.50. The molecule has 3 rings (SSSR count). The number of benzene rings is 2. The number of carbonyl (C=O) groups excluding carboxylic acids is 1. The van der Waals surface area contributed by atoms with Crippen LogP contribution in [0.3, 0.4) is 0 Å². The van der Waals surface area contributed by atoms with Crippen molar-refractivity contribution in [1.82, 2.24) is 15.1 Å². The zero-order valence-corrected chi connectivity index (χ0v) is 15.4. The third-order valence-electron chi connectivity index (χ3n) is 4.28. The molecule has 1 atom stereocenters. The lowest BCUT2D eigenvalue weighted by molar-refractivity contribution is -0.117. The lowest BCUT2D eigenvalue weighted by Gasteiger charge is -2.21. The van der Waals surface area contributed by atoms with Crippen LogP contribution in [0.15, 0.2) is 52.9 Å². The molecule has 0 unspecified atom stereocenters. The van der Waals surface area contributed by atoms with Gasteiger partial charge in [-0.1, -0.05) is 17.7 Å². The number of hydrogen-bond donors (Lipinski definition) is 1. The number of aromatic nitrogens is 2. The molecule has 2 aromatic carbocycles. The van der Waals surface area contributed by atoms with Gasteiger partial charge in [0, 0.05) is 11.3 Å². The molecule has 1 amide bonds. The Morgan fingerprint density at radius 3 is 2.48 bits per heavy atom. The van der Waals surface area contributed by atoms with Gasteiger partial charge in [0.1, 0.15) is 5.82 Å². The van der Waals surface area contributed by atoms with Crippen molar-refractivity contribution in [3.8, 4) is 11.5 Å². The number of rotatable bonds is 6. The van der Waals surface area contributed by atoms with E-state index in [1.165, 1.54) is 24.3 Å². The highest BCUT2D eigenvalue weighted by molar-refractivity contribution is 5.92. The van der Waals surface area contributed by atoms with Crippen molar-refractivity contribution in [2.45, 2.75) is 19.9 Å². The summed E-state index contributed by atoms with van der Waals surface area (Å²) in [5.41, 5.74) is 2.55. The molecular weight excluding hydrogens is 347 g/mol. The Hall–Kier alpha value is -3.06. The maximum atomic E-state index is 12.9. The summed E-state index contributed by atoms with van der Waals surface area (Å²) >= 11 is 0. The first kappa shape index (κ1) is 18.7. The van der Waals surface area contributed by atoms with E-state index in [-0.39, 0.29) is 24.3 Å². The van der Waals surface area contributed by atoms with Crippen LogP contribution < -0.4 is 5.32 Å². The first-order valence-electron chi connectivity index (χ1n) is 8.58. The van der Waals surface area contributed by atoms with Crippen LogP contribution in [0.1, 0.15) is 24.4 Å². The highest BCUT2D eigenvalue weighted by atomic mass is 19.1. The Morgan fingerprint density at radius 2 is 1.81 bits per heavy atom. The molecule has 1 N–H and O–H groups in total. The third-order valence-corrected chi connectivity index (χ3v) is 4.28. The van der Waals surface area contributed by atoms with E-state index in [9.17, 15) is 9.18 Å². The Bertz CT molecular complexity index is 906. The van der Waals surface area contributed by atoms with Crippen molar-refractivity contribution in [2.24, 2.45) is 0 Å². The number of carbonyl (C=O) groups is 1. The highest BCUT2D eigenvalue weighted by Gasteiger charge is 2.21. The van der Waals surface area contributed by atoms with E-state index in [1.54, 1.807) is 11.9 Å². The Balaban J connectivity index is 1.61. The monoisotopic (exact) mass is 368 g/mol. The van der Waals surface area contributed by atoms with Gasteiger partial charge >= 0.3 is 0 Å². The van der Waals surface area contributed by atoms with Gasteiger partial charge in [-0.25, -0.2) is 4.39 Å².